The van der Waals surface area contributed by atoms with Gasteiger partial charge in [0.25, 0.3) is 0 Å². The fraction of sp³-hybridized carbons (Fsp3) is 0.625. The molecule has 3 heteroatoms. The number of aryl methyl sites for hydroxylation is 1. The van der Waals surface area contributed by atoms with Crippen LogP contribution in [-0.2, 0) is 5.60 Å². The molecule has 0 amide bonds. The molecule has 1 heterocycles. The highest BCUT2D eigenvalue weighted by atomic mass is 16.3. The van der Waals surface area contributed by atoms with Gasteiger partial charge in [-0.2, -0.15) is 0 Å². The van der Waals surface area contributed by atoms with Crippen LogP contribution in [0.1, 0.15) is 25.0 Å². The number of likely N-dealkylation sites (N-methyl/N-ethyl adjacent to an activating group) is 1. The Bertz CT molecular complexity index is 392. The lowest BCUT2D eigenvalue weighted by atomic mass is 9.94. The minimum atomic E-state index is -0.762. The summed E-state index contributed by atoms with van der Waals surface area (Å²) in [5, 5.41) is 10.7. The van der Waals surface area contributed by atoms with Crippen molar-refractivity contribution in [1.82, 2.24) is 9.80 Å². The first-order valence-electron chi connectivity index (χ1n) is 7.25. The lowest BCUT2D eigenvalue weighted by Gasteiger charge is -2.38. The van der Waals surface area contributed by atoms with Gasteiger partial charge < -0.3 is 10.0 Å². The van der Waals surface area contributed by atoms with Crippen molar-refractivity contribution >= 4 is 0 Å². The Labute approximate surface area is 116 Å². The van der Waals surface area contributed by atoms with Gasteiger partial charge in [-0.25, -0.2) is 0 Å². The minimum absolute atomic E-state index is 0.716. The number of hydrogen-bond donors (Lipinski definition) is 1. The summed E-state index contributed by atoms with van der Waals surface area (Å²) in [6.07, 6.45) is 0. The highest BCUT2D eigenvalue weighted by molar-refractivity contribution is 5.26. The summed E-state index contributed by atoms with van der Waals surface area (Å²) < 4.78 is 0. The van der Waals surface area contributed by atoms with Crippen molar-refractivity contribution in [3.05, 3.63) is 35.4 Å². The van der Waals surface area contributed by atoms with Gasteiger partial charge in [0.15, 0.2) is 0 Å². The zero-order valence-electron chi connectivity index (χ0n) is 12.4. The number of rotatable bonds is 4. The molecule has 106 valence electrons. The van der Waals surface area contributed by atoms with E-state index in [4.69, 9.17) is 0 Å². The maximum absolute atomic E-state index is 10.7. The largest absolute Gasteiger partial charge is 0.384 e. The summed E-state index contributed by atoms with van der Waals surface area (Å²) in [5.41, 5.74) is 1.48. The molecule has 0 spiro atoms. The molecule has 1 aromatic carbocycles. The van der Waals surface area contributed by atoms with Gasteiger partial charge in [0.05, 0.1) is 5.60 Å². The molecule has 1 unspecified atom stereocenters. The lowest BCUT2D eigenvalue weighted by molar-refractivity contribution is 0.00107. The number of β-amino-alcohol motifs (C(OH)–C–C–N with tert-alkyl or cyclic N) is 1. The molecule has 1 aliphatic rings. The predicted octanol–water partition coefficient (Wildman–Crippen LogP) is 1.84. The second-order valence-corrected chi connectivity index (χ2v) is 5.85. The van der Waals surface area contributed by atoms with E-state index in [1.54, 1.807) is 0 Å². The van der Waals surface area contributed by atoms with Gasteiger partial charge in [-0.05, 0) is 26.0 Å². The van der Waals surface area contributed by atoms with Gasteiger partial charge in [-0.1, -0.05) is 36.8 Å². The predicted molar refractivity (Wildman–Crippen MR) is 79.3 cm³/mol. The molecule has 3 nitrogen and oxygen atoms in total. The van der Waals surface area contributed by atoms with Crippen LogP contribution < -0.4 is 0 Å². The zero-order valence-corrected chi connectivity index (χ0v) is 12.4. The number of nitrogens with zero attached hydrogens (tertiary/aromatic N) is 2. The quantitative estimate of drug-likeness (QED) is 0.897. The molecule has 1 atom stereocenters. The van der Waals surface area contributed by atoms with E-state index in [1.807, 2.05) is 19.1 Å². The Morgan fingerprint density at radius 3 is 2.11 bits per heavy atom. The monoisotopic (exact) mass is 262 g/mol. The molecule has 0 saturated carbocycles. The average molecular weight is 262 g/mol. The molecule has 1 saturated heterocycles. The second-order valence-electron chi connectivity index (χ2n) is 5.85. The Kier molecular flexibility index (Phi) is 4.61. The molecule has 0 aromatic heterocycles. The van der Waals surface area contributed by atoms with E-state index in [0.717, 1.165) is 38.3 Å². The molecular weight excluding hydrogens is 236 g/mol. The highest BCUT2D eigenvalue weighted by Crippen LogP contribution is 2.22. The molecule has 1 aromatic rings. The Morgan fingerprint density at radius 1 is 1.05 bits per heavy atom. The highest BCUT2D eigenvalue weighted by Gasteiger charge is 2.27. The molecule has 1 fully saturated rings. The smallest absolute Gasteiger partial charge is 0.0994 e. The topological polar surface area (TPSA) is 26.7 Å². The molecule has 1 N–H and O–H groups in total. The summed E-state index contributed by atoms with van der Waals surface area (Å²) in [4.78, 5) is 4.82. The number of aliphatic hydroxyl groups is 1. The fourth-order valence-electron chi connectivity index (χ4n) is 2.70. The van der Waals surface area contributed by atoms with E-state index in [2.05, 4.69) is 35.8 Å². The first-order chi connectivity index (χ1) is 9.01. The number of hydrogen-bond acceptors (Lipinski definition) is 3. The van der Waals surface area contributed by atoms with Gasteiger partial charge in [0, 0.05) is 32.7 Å². The Balaban J connectivity index is 1.95. The van der Waals surface area contributed by atoms with Crippen LogP contribution in [-0.4, -0.2) is 54.2 Å². The Morgan fingerprint density at radius 2 is 1.58 bits per heavy atom. The normalized spacial score (nSPS) is 21.3. The summed E-state index contributed by atoms with van der Waals surface area (Å²) in [6.45, 7) is 12.4. The maximum atomic E-state index is 10.7. The van der Waals surface area contributed by atoms with Crippen LogP contribution in [0, 0.1) is 6.92 Å². The first kappa shape index (κ1) is 14.5. The van der Waals surface area contributed by atoms with E-state index in [1.165, 1.54) is 5.56 Å². The lowest BCUT2D eigenvalue weighted by Crippen LogP contribution is -2.50. The van der Waals surface area contributed by atoms with Crippen LogP contribution in [0.25, 0.3) is 0 Å². The third kappa shape index (κ3) is 3.78. The van der Waals surface area contributed by atoms with E-state index in [0.29, 0.717) is 6.54 Å². The van der Waals surface area contributed by atoms with Crippen molar-refractivity contribution in [2.45, 2.75) is 26.4 Å². The third-order valence-corrected chi connectivity index (χ3v) is 4.12. The van der Waals surface area contributed by atoms with Gasteiger partial charge in [0.2, 0.25) is 0 Å². The van der Waals surface area contributed by atoms with Gasteiger partial charge >= 0.3 is 0 Å². The standard InChI is InChI=1S/C16H26N2O/c1-4-17-9-11-18(12-10-17)13-16(3,19)15-7-5-14(2)6-8-15/h5-8,19H,4,9-13H2,1-3H3. The summed E-state index contributed by atoms with van der Waals surface area (Å²) in [5.74, 6) is 0. The van der Waals surface area contributed by atoms with Crippen LogP contribution in [0.3, 0.4) is 0 Å². The van der Waals surface area contributed by atoms with Crippen LogP contribution >= 0.6 is 0 Å². The average Bonchev–Trinajstić information content (AvgIpc) is 2.40. The maximum Gasteiger partial charge on any atom is 0.0994 e. The molecule has 1 aliphatic heterocycles. The molecule has 0 bridgehead atoms. The fourth-order valence-corrected chi connectivity index (χ4v) is 2.70. The van der Waals surface area contributed by atoms with Crippen molar-refractivity contribution in [1.29, 1.82) is 0 Å². The minimum Gasteiger partial charge on any atom is -0.384 e. The summed E-state index contributed by atoms with van der Waals surface area (Å²) in [7, 11) is 0. The number of benzene rings is 1. The summed E-state index contributed by atoms with van der Waals surface area (Å²) in [6, 6.07) is 8.22. The van der Waals surface area contributed by atoms with Crippen molar-refractivity contribution < 1.29 is 5.11 Å². The Hall–Kier alpha value is -0.900. The van der Waals surface area contributed by atoms with Crippen LogP contribution in [0.5, 0.6) is 0 Å². The third-order valence-electron chi connectivity index (χ3n) is 4.12. The van der Waals surface area contributed by atoms with Crippen LogP contribution in [0.4, 0.5) is 0 Å². The van der Waals surface area contributed by atoms with Crippen molar-refractivity contribution in [3.8, 4) is 0 Å². The van der Waals surface area contributed by atoms with Crippen molar-refractivity contribution in [2.75, 3.05) is 39.3 Å². The van der Waals surface area contributed by atoms with E-state index in [9.17, 15) is 5.11 Å². The first-order valence-corrected chi connectivity index (χ1v) is 7.25. The van der Waals surface area contributed by atoms with Crippen LogP contribution in [0.15, 0.2) is 24.3 Å². The molecule has 2 rings (SSSR count). The molecule has 0 radical (unpaired) electrons. The van der Waals surface area contributed by atoms with E-state index >= 15 is 0 Å². The van der Waals surface area contributed by atoms with Crippen LogP contribution in [0.2, 0.25) is 0 Å². The van der Waals surface area contributed by atoms with Gasteiger partial charge in [-0.15, -0.1) is 0 Å². The van der Waals surface area contributed by atoms with E-state index in [-0.39, 0.29) is 0 Å². The van der Waals surface area contributed by atoms with Crippen molar-refractivity contribution in [2.24, 2.45) is 0 Å². The molecule has 19 heavy (non-hydrogen) atoms. The van der Waals surface area contributed by atoms with E-state index < -0.39 is 5.60 Å². The zero-order chi connectivity index (χ0) is 13.9. The second kappa shape index (κ2) is 6.04. The molecule has 0 aliphatic carbocycles. The summed E-state index contributed by atoms with van der Waals surface area (Å²) >= 11 is 0. The van der Waals surface area contributed by atoms with Gasteiger partial charge in [0.1, 0.15) is 0 Å². The molecular formula is C16H26N2O. The number of piperazine rings is 1. The SMILES string of the molecule is CCN1CCN(CC(C)(O)c2ccc(C)cc2)CC1. The van der Waals surface area contributed by atoms with Gasteiger partial charge in [-0.3, -0.25) is 4.90 Å². The van der Waals surface area contributed by atoms with Crippen molar-refractivity contribution in [3.63, 3.8) is 0 Å².